The van der Waals surface area contributed by atoms with Crippen molar-refractivity contribution in [2.45, 2.75) is 99.6 Å². The molecule has 0 atom stereocenters. The molecule has 0 aliphatic heterocycles. The van der Waals surface area contributed by atoms with Gasteiger partial charge in [0.15, 0.2) is 0 Å². The van der Waals surface area contributed by atoms with E-state index in [1.807, 2.05) is 0 Å². The second-order valence-electron chi connectivity index (χ2n) is 5.73. The average Bonchev–Trinajstić information content (AvgIpc) is 2.50. The summed E-state index contributed by atoms with van der Waals surface area (Å²) in [5.74, 6) is 0. The summed E-state index contributed by atoms with van der Waals surface area (Å²) in [7, 11) is 0. The van der Waals surface area contributed by atoms with Gasteiger partial charge in [-0.2, -0.15) is 0 Å². The Morgan fingerprint density at radius 3 is 1.33 bits per heavy atom. The van der Waals surface area contributed by atoms with Crippen molar-refractivity contribution in [3.05, 3.63) is 0 Å². The van der Waals surface area contributed by atoms with E-state index in [-0.39, 0.29) is 21.6 Å². The van der Waals surface area contributed by atoms with E-state index in [4.69, 9.17) is 10.2 Å². The van der Waals surface area contributed by atoms with Crippen molar-refractivity contribution < 1.29 is 10.2 Å². The number of aliphatic hydroxyl groups is 2. The predicted molar refractivity (Wildman–Crippen MR) is 97.7 cm³/mol. The molecule has 0 aromatic carbocycles. The molecule has 0 radical (unpaired) electrons. The molecule has 0 heterocycles. The van der Waals surface area contributed by atoms with Gasteiger partial charge in [0.1, 0.15) is 0 Å². The van der Waals surface area contributed by atoms with Crippen molar-refractivity contribution in [1.29, 1.82) is 0 Å². The van der Waals surface area contributed by atoms with E-state index in [1.54, 1.807) is 8.73 Å². The second kappa shape index (κ2) is 25.7. The summed E-state index contributed by atoms with van der Waals surface area (Å²) in [4.78, 5) is 0. The van der Waals surface area contributed by atoms with Crippen LogP contribution in [-0.2, 0) is 0 Å². The number of aliphatic hydroxyl groups excluding tert-OH is 2. The fourth-order valence-corrected chi connectivity index (χ4v) is 5.62. The van der Waals surface area contributed by atoms with Crippen LogP contribution in [0, 0.1) is 0 Å². The van der Waals surface area contributed by atoms with Gasteiger partial charge in [-0.15, -0.1) is 0 Å². The van der Waals surface area contributed by atoms with Gasteiger partial charge in [0.05, 0.1) is 0 Å². The minimum atomic E-state index is 0.0328. The van der Waals surface area contributed by atoms with Gasteiger partial charge < -0.3 is 5.11 Å². The number of rotatable bonds is 15. The number of unbranched alkanes of at least 4 members (excludes halogenated alkanes) is 9. The zero-order valence-electron chi connectivity index (χ0n) is 14.7. The molecule has 0 rings (SSSR count). The third kappa shape index (κ3) is 29.4. The molecule has 0 aromatic rings. The molecule has 0 saturated heterocycles. The third-order valence-corrected chi connectivity index (χ3v) is 7.52. The third-order valence-electron chi connectivity index (χ3n) is 3.48. The number of hydrogen-bond donors (Lipinski definition) is 2. The minimum absolute atomic E-state index is 0.0328. The topological polar surface area (TPSA) is 40.5 Å². The molecule has 3 heteroatoms. The molecule has 0 spiro atoms. The fourth-order valence-electron chi connectivity index (χ4n) is 2.06. The Hall–Kier alpha value is 0.738. The van der Waals surface area contributed by atoms with Gasteiger partial charge in [0, 0.05) is 6.61 Å². The van der Waals surface area contributed by atoms with Crippen LogP contribution in [0.2, 0.25) is 8.73 Å². The predicted octanol–water partition coefficient (Wildman–Crippen LogP) is 4.95. The van der Waals surface area contributed by atoms with Crippen molar-refractivity contribution in [3.8, 4) is 0 Å². The molecule has 0 unspecified atom stereocenters. The van der Waals surface area contributed by atoms with Gasteiger partial charge in [-0.25, -0.2) is 0 Å². The average molecular weight is 411 g/mol. The van der Waals surface area contributed by atoms with E-state index in [0.717, 1.165) is 12.8 Å². The zero-order chi connectivity index (χ0) is 16.0. The second-order valence-corrected chi connectivity index (χ2v) is 10.0. The maximum atomic E-state index is 8.60. The summed E-state index contributed by atoms with van der Waals surface area (Å²) < 4.78 is 3.17. The standard InChI is InChI=1S/C6H14O.C6H13O.C6H13.Sb.H/c2*1-2-3-4-5-6-7;1-3-5-6-4-2;;/h7H,2-6H2,1H3;7H,1-6H2;1,3-6H2,2H3;;. The van der Waals surface area contributed by atoms with Gasteiger partial charge in [-0.1, -0.05) is 26.2 Å². The first-order valence-electron chi connectivity index (χ1n) is 9.25. The van der Waals surface area contributed by atoms with Crippen molar-refractivity contribution in [2.75, 3.05) is 13.2 Å². The molecule has 130 valence electrons. The molecule has 2 N–H and O–H groups in total. The van der Waals surface area contributed by atoms with Crippen LogP contribution in [0.15, 0.2) is 0 Å². The molecule has 0 aliphatic carbocycles. The van der Waals surface area contributed by atoms with E-state index in [2.05, 4.69) is 13.8 Å². The van der Waals surface area contributed by atoms with Crippen molar-refractivity contribution in [1.82, 2.24) is 0 Å². The molecule has 0 bridgehead atoms. The molecule has 2 nitrogen and oxygen atoms in total. The Labute approximate surface area is 144 Å². The summed E-state index contributed by atoms with van der Waals surface area (Å²) in [5, 5.41) is 16.9. The first-order chi connectivity index (χ1) is 10.3. The fraction of sp³-hybridized carbons (Fsp3) is 1.00. The summed E-state index contributed by atoms with van der Waals surface area (Å²) in [5.41, 5.74) is 0. The van der Waals surface area contributed by atoms with E-state index >= 15 is 0 Å². The Kier molecular flexibility index (Phi) is 29.3. The summed E-state index contributed by atoms with van der Waals surface area (Å²) in [6.07, 6.45) is 15.5. The van der Waals surface area contributed by atoms with Gasteiger partial charge in [-0.3, -0.25) is 0 Å². The maximum absolute atomic E-state index is 8.60. The van der Waals surface area contributed by atoms with Gasteiger partial charge in [0.2, 0.25) is 0 Å². The molecule has 0 saturated carbocycles. The van der Waals surface area contributed by atoms with Crippen molar-refractivity contribution >= 4 is 21.6 Å². The van der Waals surface area contributed by atoms with Gasteiger partial charge in [0.25, 0.3) is 0 Å². The van der Waals surface area contributed by atoms with Crippen molar-refractivity contribution in [2.24, 2.45) is 0 Å². The molecule has 0 aromatic heterocycles. The van der Waals surface area contributed by atoms with E-state index < -0.39 is 0 Å². The van der Waals surface area contributed by atoms with Crippen molar-refractivity contribution in [3.63, 3.8) is 0 Å². The Bertz CT molecular complexity index is 138. The summed E-state index contributed by atoms with van der Waals surface area (Å²) in [6.45, 7) is 5.19. The molecular formula is C18H41O2Sb. The molecule has 0 aliphatic rings. The van der Waals surface area contributed by atoms with E-state index in [1.165, 1.54) is 64.2 Å². The van der Waals surface area contributed by atoms with Crippen LogP contribution >= 0.6 is 0 Å². The monoisotopic (exact) mass is 410 g/mol. The Morgan fingerprint density at radius 2 is 0.905 bits per heavy atom. The van der Waals surface area contributed by atoms with E-state index in [0.29, 0.717) is 13.2 Å². The summed E-state index contributed by atoms with van der Waals surface area (Å²) >= 11 is 0.0328. The van der Waals surface area contributed by atoms with Crippen LogP contribution in [-0.4, -0.2) is 45.0 Å². The first kappa shape index (κ1) is 24.0. The molecule has 21 heavy (non-hydrogen) atoms. The van der Waals surface area contributed by atoms with Crippen LogP contribution in [0.25, 0.3) is 0 Å². The number of hydrogen-bond acceptors (Lipinski definition) is 2. The summed E-state index contributed by atoms with van der Waals surface area (Å²) in [6, 6.07) is 0. The Balaban J connectivity index is 0. The quantitative estimate of drug-likeness (QED) is 0.296. The SMILES string of the molecule is CCCCCCO.CCCCC[CH2][SbH][CH2]CCCCCO. The van der Waals surface area contributed by atoms with E-state index in [9.17, 15) is 0 Å². The molecular weight excluding hydrogens is 370 g/mol. The van der Waals surface area contributed by atoms with Crippen LogP contribution in [0.1, 0.15) is 90.9 Å². The van der Waals surface area contributed by atoms with Crippen LogP contribution in [0.4, 0.5) is 0 Å². The van der Waals surface area contributed by atoms with Crippen LogP contribution in [0.5, 0.6) is 0 Å². The molecule has 0 fully saturated rings. The van der Waals surface area contributed by atoms with Crippen LogP contribution in [0.3, 0.4) is 0 Å². The Morgan fingerprint density at radius 1 is 0.524 bits per heavy atom. The normalized spacial score (nSPS) is 10.3. The molecule has 0 amide bonds. The van der Waals surface area contributed by atoms with Gasteiger partial charge >= 0.3 is 100 Å². The van der Waals surface area contributed by atoms with Gasteiger partial charge in [-0.05, 0) is 6.42 Å². The van der Waals surface area contributed by atoms with Crippen LogP contribution < -0.4 is 0 Å². The first-order valence-corrected chi connectivity index (χ1v) is 13.3. The zero-order valence-corrected chi connectivity index (χ0v) is 17.6.